The molecule has 3 heteroatoms. The fraction of sp³-hybridized carbons (Fsp3) is 0.917. The number of amides is 1. The van der Waals surface area contributed by atoms with E-state index in [9.17, 15) is 4.79 Å². The van der Waals surface area contributed by atoms with Crippen LogP contribution in [0.3, 0.4) is 0 Å². The fourth-order valence-corrected chi connectivity index (χ4v) is 2.36. The summed E-state index contributed by atoms with van der Waals surface area (Å²) < 4.78 is 0. The summed E-state index contributed by atoms with van der Waals surface area (Å²) in [6, 6.07) is 0.580. The molecule has 0 aromatic rings. The monoisotopic (exact) mass is 210 g/mol. The summed E-state index contributed by atoms with van der Waals surface area (Å²) in [7, 11) is 2.08. The summed E-state index contributed by atoms with van der Waals surface area (Å²) in [5.74, 6) is 1.17. The zero-order chi connectivity index (χ0) is 10.8. The lowest BCUT2D eigenvalue weighted by Gasteiger charge is -2.26. The Morgan fingerprint density at radius 1 is 1.40 bits per heavy atom. The van der Waals surface area contributed by atoms with Crippen LogP contribution in [0.1, 0.15) is 32.6 Å². The largest absolute Gasteiger partial charge is 0.342 e. The first-order valence-corrected chi connectivity index (χ1v) is 6.16. The van der Waals surface area contributed by atoms with Gasteiger partial charge in [-0.15, -0.1) is 0 Å². The van der Waals surface area contributed by atoms with Gasteiger partial charge in [-0.05, 0) is 45.6 Å². The van der Waals surface area contributed by atoms with E-state index in [1.807, 2.05) is 4.90 Å². The van der Waals surface area contributed by atoms with E-state index in [0.29, 0.717) is 18.5 Å². The molecule has 0 aromatic heterocycles. The van der Waals surface area contributed by atoms with Crippen molar-refractivity contribution in [2.24, 2.45) is 5.92 Å². The van der Waals surface area contributed by atoms with Gasteiger partial charge in [0.25, 0.3) is 0 Å². The Morgan fingerprint density at radius 2 is 2.00 bits per heavy atom. The van der Waals surface area contributed by atoms with Crippen LogP contribution >= 0.6 is 0 Å². The van der Waals surface area contributed by atoms with Gasteiger partial charge in [0, 0.05) is 19.1 Å². The maximum Gasteiger partial charge on any atom is 0.236 e. The van der Waals surface area contributed by atoms with Gasteiger partial charge in [0.2, 0.25) is 5.91 Å². The first-order valence-electron chi connectivity index (χ1n) is 6.16. The Balaban J connectivity index is 1.76. The molecular formula is C12H22N2O. The van der Waals surface area contributed by atoms with E-state index in [1.165, 1.54) is 25.7 Å². The van der Waals surface area contributed by atoms with Crippen LogP contribution in [0.5, 0.6) is 0 Å². The van der Waals surface area contributed by atoms with Crippen molar-refractivity contribution in [1.82, 2.24) is 9.80 Å². The lowest BCUT2D eigenvalue weighted by Crippen LogP contribution is -2.41. The van der Waals surface area contributed by atoms with E-state index in [0.717, 1.165) is 19.0 Å². The topological polar surface area (TPSA) is 23.6 Å². The molecule has 1 aliphatic heterocycles. The first kappa shape index (κ1) is 10.9. The van der Waals surface area contributed by atoms with E-state index in [1.54, 1.807) is 0 Å². The number of rotatable bonds is 4. The van der Waals surface area contributed by atoms with E-state index in [2.05, 4.69) is 18.9 Å². The van der Waals surface area contributed by atoms with E-state index in [4.69, 9.17) is 0 Å². The summed E-state index contributed by atoms with van der Waals surface area (Å²) in [6.45, 7) is 4.81. The van der Waals surface area contributed by atoms with Crippen molar-refractivity contribution in [2.75, 3.05) is 26.7 Å². The molecule has 0 aromatic carbocycles. The number of nitrogens with zero attached hydrogens (tertiary/aromatic N) is 2. The highest BCUT2D eigenvalue weighted by molar-refractivity contribution is 5.78. The summed E-state index contributed by atoms with van der Waals surface area (Å²) >= 11 is 0. The average molecular weight is 210 g/mol. The van der Waals surface area contributed by atoms with Crippen LogP contribution in [-0.2, 0) is 4.79 Å². The van der Waals surface area contributed by atoms with Crippen LogP contribution in [0.2, 0.25) is 0 Å². The van der Waals surface area contributed by atoms with Gasteiger partial charge in [0.15, 0.2) is 0 Å². The van der Waals surface area contributed by atoms with Gasteiger partial charge in [0.1, 0.15) is 0 Å². The third kappa shape index (κ3) is 2.71. The quantitative estimate of drug-likeness (QED) is 0.699. The van der Waals surface area contributed by atoms with Crippen LogP contribution in [0, 0.1) is 5.92 Å². The Morgan fingerprint density at radius 3 is 2.53 bits per heavy atom. The number of hydrogen-bond donors (Lipinski definition) is 0. The van der Waals surface area contributed by atoms with Gasteiger partial charge in [-0.25, -0.2) is 0 Å². The molecule has 0 spiro atoms. The van der Waals surface area contributed by atoms with Gasteiger partial charge < -0.3 is 4.90 Å². The molecule has 1 saturated carbocycles. The van der Waals surface area contributed by atoms with Gasteiger partial charge >= 0.3 is 0 Å². The highest BCUT2D eigenvalue weighted by atomic mass is 16.2. The normalized spacial score (nSPS) is 23.5. The van der Waals surface area contributed by atoms with Gasteiger partial charge in [-0.1, -0.05) is 0 Å². The molecule has 1 atom stereocenters. The fourth-order valence-electron chi connectivity index (χ4n) is 2.36. The minimum absolute atomic E-state index is 0.322. The van der Waals surface area contributed by atoms with Gasteiger partial charge in [-0.2, -0.15) is 0 Å². The van der Waals surface area contributed by atoms with Gasteiger partial charge in [0.05, 0.1) is 6.54 Å². The lowest BCUT2D eigenvalue weighted by atomic mass is 10.2. The average Bonchev–Trinajstić information content (AvgIpc) is 2.91. The maximum atomic E-state index is 11.9. The third-order valence-corrected chi connectivity index (χ3v) is 3.84. The van der Waals surface area contributed by atoms with Crippen LogP contribution in [0.25, 0.3) is 0 Å². The van der Waals surface area contributed by atoms with Crippen LogP contribution in [0.15, 0.2) is 0 Å². The standard InChI is InChI=1S/C12H22N2O/c1-10(11-5-6-11)13(2)9-12(15)14-7-3-4-8-14/h10-11H,3-9H2,1-2H3. The summed E-state index contributed by atoms with van der Waals surface area (Å²) in [6.07, 6.45) is 5.08. The molecule has 0 bridgehead atoms. The van der Waals surface area contributed by atoms with Crippen molar-refractivity contribution in [3.05, 3.63) is 0 Å². The molecule has 0 N–H and O–H groups in total. The minimum Gasteiger partial charge on any atom is -0.342 e. The van der Waals surface area contributed by atoms with E-state index < -0.39 is 0 Å². The molecule has 1 unspecified atom stereocenters. The predicted octanol–water partition coefficient (Wildman–Crippen LogP) is 1.34. The number of carbonyl (C=O) groups excluding carboxylic acids is 1. The molecule has 1 heterocycles. The number of likely N-dealkylation sites (N-methyl/N-ethyl adjacent to an activating group) is 1. The summed E-state index contributed by atoms with van der Waals surface area (Å²) in [5.41, 5.74) is 0. The molecule has 2 aliphatic rings. The van der Waals surface area contributed by atoms with Crippen molar-refractivity contribution in [1.29, 1.82) is 0 Å². The van der Waals surface area contributed by atoms with E-state index in [-0.39, 0.29) is 0 Å². The summed E-state index contributed by atoms with van der Waals surface area (Å²) in [4.78, 5) is 16.1. The van der Waals surface area contributed by atoms with Crippen LogP contribution in [0.4, 0.5) is 0 Å². The molecule has 15 heavy (non-hydrogen) atoms. The first-order chi connectivity index (χ1) is 7.18. The summed E-state index contributed by atoms with van der Waals surface area (Å²) in [5, 5.41) is 0. The Labute approximate surface area is 92.4 Å². The molecule has 3 nitrogen and oxygen atoms in total. The second-order valence-corrected chi connectivity index (χ2v) is 5.08. The number of carbonyl (C=O) groups is 1. The second-order valence-electron chi connectivity index (χ2n) is 5.08. The smallest absolute Gasteiger partial charge is 0.236 e. The number of hydrogen-bond acceptors (Lipinski definition) is 2. The lowest BCUT2D eigenvalue weighted by molar-refractivity contribution is -0.131. The zero-order valence-corrected chi connectivity index (χ0v) is 9.91. The Kier molecular flexibility index (Phi) is 3.29. The van der Waals surface area contributed by atoms with Crippen LogP contribution < -0.4 is 0 Å². The van der Waals surface area contributed by atoms with E-state index >= 15 is 0 Å². The SMILES string of the molecule is CC(C1CC1)N(C)CC(=O)N1CCCC1. The van der Waals surface area contributed by atoms with Crippen molar-refractivity contribution in [3.63, 3.8) is 0 Å². The molecule has 86 valence electrons. The Hall–Kier alpha value is -0.570. The zero-order valence-electron chi connectivity index (χ0n) is 9.91. The van der Waals surface area contributed by atoms with Crippen molar-refractivity contribution >= 4 is 5.91 Å². The van der Waals surface area contributed by atoms with Crippen molar-refractivity contribution in [2.45, 2.75) is 38.6 Å². The predicted molar refractivity (Wildman–Crippen MR) is 60.6 cm³/mol. The molecule has 1 aliphatic carbocycles. The molecule has 2 rings (SSSR count). The molecule has 1 amide bonds. The highest BCUT2D eigenvalue weighted by Gasteiger charge is 2.31. The molecule has 2 fully saturated rings. The molecule has 1 saturated heterocycles. The number of likely N-dealkylation sites (tertiary alicyclic amines) is 1. The third-order valence-electron chi connectivity index (χ3n) is 3.84. The minimum atomic E-state index is 0.322. The van der Waals surface area contributed by atoms with Crippen molar-refractivity contribution < 1.29 is 4.79 Å². The molecule has 0 radical (unpaired) electrons. The van der Waals surface area contributed by atoms with Crippen molar-refractivity contribution in [3.8, 4) is 0 Å². The Bertz CT molecular complexity index is 232. The maximum absolute atomic E-state index is 11.9. The highest BCUT2D eigenvalue weighted by Crippen LogP contribution is 2.34. The van der Waals surface area contributed by atoms with Crippen LogP contribution in [-0.4, -0.2) is 48.4 Å². The molecular weight excluding hydrogens is 188 g/mol. The second kappa shape index (κ2) is 4.52. The van der Waals surface area contributed by atoms with Gasteiger partial charge in [-0.3, -0.25) is 9.69 Å².